The fraction of sp³-hybridized carbons (Fsp3) is 0.409. The van der Waals surface area contributed by atoms with E-state index in [0.29, 0.717) is 0 Å². The quantitative estimate of drug-likeness (QED) is 0.543. The monoisotopic (exact) mass is 400 g/mol. The summed E-state index contributed by atoms with van der Waals surface area (Å²) in [7, 11) is 1.70. The van der Waals surface area contributed by atoms with E-state index in [4.69, 9.17) is 4.74 Å². The van der Waals surface area contributed by atoms with Crippen molar-refractivity contribution in [1.29, 1.82) is 0 Å². The molecule has 2 nitrogen and oxygen atoms in total. The highest BCUT2D eigenvalue weighted by Gasteiger charge is 2.32. The van der Waals surface area contributed by atoms with Gasteiger partial charge in [-0.05, 0) is 40.7 Å². The van der Waals surface area contributed by atoms with E-state index < -0.39 is 0 Å². The van der Waals surface area contributed by atoms with Crippen LogP contribution < -0.4 is 4.74 Å². The molecule has 3 rings (SSSR count). The normalized spacial score (nSPS) is 14.7. The van der Waals surface area contributed by atoms with Gasteiger partial charge in [0, 0.05) is 31.9 Å². The zero-order valence-corrected chi connectivity index (χ0v) is 17.6. The number of methoxy groups -OCH3 is 1. The van der Waals surface area contributed by atoms with Gasteiger partial charge < -0.3 is 4.74 Å². The maximum absolute atomic E-state index is 13.2. The zero-order valence-electron chi connectivity index (χ0n) is 16.0. The van der Waals surface area contributed by atoms with Crippen molar-refractivity contribution < 1.29 is 9.53 Å². The van der Waals surface area contributed by atoms with Gasteiger partial charge in [-0.25, -0.2) is 0 Å². The van der Waals surface area contributed by atoms with Gasteiger partial charge >= 0.3 is 0 Å². The highest BCUT2D eigenvalue weighted by Crippen LogP contribution is 2.46. The minimum atomic E-state index is -0.203. The van der Waals surface area contributed by atoms with E-state index in [1.165, 1.54) is 0 Å². The number of allylic oxidation sites excluding steroid dienone is 1. The lowest BCUT2D eigenvalue weighted by molar-refractivity contribution is 0.101. The molecule has 0 spiro atoms. The number of halogens is 1. The summed E-state index contributed by atoms with van der Waals surface area (Å²) in [6, 6.07) is 6.18. The lowest BCUT2D eigenvalue weighted by Crippen LogP contribution is -2.21. The van der Waals surface area contributed by atoms with Gasteiger partial charge in [-0.3, -0.25) is 4.79 Å². The molecule has 0 radical (unpaired) electrons. The molecule has 2 aromatic carbocycles. The Bertz CT molecular complexity index is 922. The van der Waals surface area contributed by atoms with E-state index in [0.717, 1.165) is 43.3 Å². The zero-order chi connectivity index (χ0) is 18.7. The van der Waals surface area contributed by atoms with Crippen LogP contribution in [0.3, 0.4) is 0 Å². The molecule has 1 aliphatic carbocycles. The van der Waals surface area contributed by atoms with Gasteiger partial charge in [0.15, 0.2) is 5.78 Å². The predicted octanol–water partition coefficient (Wildman–Crippen LogP) is 6.53. The molecule has 25 heavy (non-hydrogen) atoms. The first kappa shape index (κ1) is 18.2. The van der Waals surface area contributed by atoms with E-state index in [9.17, 15) is 4.79 Å². The number of rotatable bonds is 1. The average Bonchev–Trinajstić information content (AvgIpc) is 2.47. The van der Waals surface area contributed by atoms with Crippen molar-refractivity contribution in [1.82, 2.24) is 0 Å². The van der Waals surface area contributed by atoms with Crippen LogP contribution in [0.25, 0.3) is 16.8 Å². The molecule has 0 N–H and O–H groups in total. The van der Waals surface area contributed by atoms with Gasteiger partial charge in [0.25, 0.3) is 0 Å². The van der Waals surface area contributed by atoms with Crippen molar-refractivity contribution in [3.8, 4) is 5.75 Å². The summed E-state index contributed by atoms with van der Waals surface area (Å²) in [4.78, 5) is 13.2. The van der Waals surface area contributed by atoms with E-state index in [1.807, 2.05) is 6.07 Å². The van der Waals surface area contributed by atoms with Gasteiger partial charge in [0.1, 0.15) is 5.75 Å². The predicted molar refractivity (Wildman–Crippen MR) is 109 cm³/mol. The van der Waals surface area contributed by atoms with Crippen LogP contribution in [0.15, 0.2) is 28.2 Å². The van der Waals surface area contributed by atoms with Crippen molar-refractivity contribution >= 4 is 38.6 Å². The molecule has 0 atom stereocenters. The number of carbonyl (C=O) groups is 1. The minimum Gasteiger partial charge on any atom is -0.496 e. The first-order chi connectivity index (χ1) is 11.4. The third-order valence-electron chi connectivity index (χ3n) is 4.79. The Kier molecular flexibility index (Phi) is 4.15. The van der Waals surface area contributed by atoms with Crippen molar-refractivity contribution in [3.63, 3.8) is 0 Å². The molecular weight excluding hydrogens is 376 g/mol. The maximum atomic E-state index is 13.2. The number of ether oxygens (including phenoxy) is 1. The number of benzene rings is 2. The lowest BCUT2D eigenvalue weighted by Gasteiger charge is -2.29. The smallest absolute Gasteiger partial charge is 0.190 e. The molecule has 0 amide bonds. The summed E-state index contributed by atoms with van der Waals surface area (Å²) in [6.45, 7) is 12.8. The Morgan fingerprint density at radius 3 is 2.12 bits per heavy atom. The van der Waals surface area contributed by atoms with Crippen LogP contribution in [0.4, 0.5) is 0 Å². The summed E-state index contributed by atoms with van der Waals surface area (Å²) in [5.41, 5.74) is 3.60. The second-order valence-corrected chi connectivity index (χ2v) is 9.73. The summed E-state index contributed by atoms with van der Waals surface area (Å²) in [5.74, 6) is 0.964. The van der Waals surface area contributed by atoms with Crippen LogP contribution in [0.5, 0.6) is 5.75 Å². The summed E-state index contributed by atoms with van der Waals surface area (Å²) < 4.78 is 6.69. The molecule has 3 heteroatoms. The number of carbonyl (C=O) groups excluding carboxylic acids is 1. The van der Waals surface area contributed by atoms with E-state index in [-0.39, 0.29) is 16.6 Å². The number of hydrogen-bond acceptors (Lipinski definition) is 2. The Morgan fingerprint density at radius 1 is 0.960 bits per heavy atom. The minimum absolute atomic E-state index is 0.0598. The molecule has 132 valence electrons. The number of hydrogen-bond donors (Lipinski definition) is 0. The van der Waals surface area contributed by atoms with Crippen molar-refractivity contribution in [2.45, 2.75) is 47.0 Å². The second kappa shape index (κ2) is 5.70. The molecule has 0 heterocycles. The van der Waals surface area contributed by atoms with Crippen LogP contribution in [0.2, 0.25) is 0 Å². The molecule has 0 unspecified atom stereocenters. The maximum Gasteiger partial charge on any atom is 0.190 e. The Balaban J connectivity index is 2.51. The van der Waals surface area contributed by atoms with Crippen molar-refractivity contribution in [2.75, 3.05) is 7.11 Å². The Hall–Kier alpha value is -1.61. The molecule has 1 aliphatic rings. The topological polar surface area (TPSA) is 26.3 Å². The summed E-state index contributed by atoms with van der Waals surface area (Å²) >= 11 is 3.58. The molecule has 0 saturated heterocycles. The van der Waals surface area contributed by atoms with Gasteiger partial charge in [0.2, 0.25) is 0 Å². The third-order valence-corrected chi connectivity index (χ3v) is 5.25. The standard InChI is InChI=1S/C22H25BrO2/c1-21(2,3)16-8-12-9-17(22(4,5)6)20(25-7)15-11-13(23)10-14(18(12)15)19(16)24/h8-11H,1-7H3. The SMILES string of the molecule is COc1c(C(C)(C)C)cc2c3c(cc(Br)cc13)C(=O)C(C(C)(C)C)=C2. The summed E-state index contributed by atoms with van der Waals surface area (Å²) in [5, 5.41) is 1.98. The van der Waals surface area contributed by atoms with Crippen molar-refractivity contribution in [3.05, 3.63) is 44.9 Å². The molecule has 0 aromatic heterocycles. The molecule has 0 aliphatic heterocycles. The van der Waals surface area contributed by atoms with E-state index >= 15 is 0 Å². The van der Waals surface area contributed by atoms with E-state index in [1.54, 1.807) is 7.11 Å². The largest absolute Gasteiger partial charge is 0.496 e. The van der Waals surface area contributed by atoms with E-state index in [2.05, 4.69) is 75.7 Å². The van der Waals surface area contributed by atoms with Gasteiger partial charge in [-0.1, -0.05) is 57.5 Å². The first-order valence-electron chi connectivity index (χ1n) is 8.56. The highest BCUT2D eigenvalue weighted by molar-refractivity contribution is 9.10. The molecular formula is C22H25BrO2. The summed E-state index contributed by atoms with van der Waals surface area (Å²) in [6.07, 6.45) is 2.07. The Morgan fingerprint density at radius 2 is 1.60 bits per heavy atom. The highest BCUT2D eigenvalue weighted by atomic mass is 79.9. The fourth-order valence-electron chi connectivity index (χ4n) is 3.53. The van der Waals surface area contributed by atoms with Gasteiger partial charge in [0.05, 0.1) is 7.11 Å². The number of ketones is 1. The van der Waals surface area contributed by atoms with Crippen LogP contribution in [0, 0.1) is 5.41 Å². The van der Waals surface area contributed by atoms with Crippen LogP contribution >= 0.6 is 15.9 Å². The first-order valence-corrected chi connectivity index (χ1v) is 9.36. The number of Topliss-reactive ketones (excluding diaryl/α,β-unsaturated/α-hetero) is 1. The fourth-order valence-corrected chi connectivity index (χ4v) is 3.99. The molecule has 0 fully saturated rings. The van der Waals surface area contributed by atoms with Gasteiger partial charge in [-0.15, -0.1) is 0 Å². The van der Waals surface area contributed by atoms with Crippen LogP contribution in [0.1, 0.15) is 63.0 Å². The molecule has 0 saturated carbocycles. The average molecular weight is 401 g/mol. The van der Waals surface area contributed by atoms with Gasteiger partial charge in [-0.2, -0.15) is 0 Å². The second-order valence-electron chi connectivity index (χ2n) is 8.81. The Labute approximate surface area is 158 Å². The van der Waals surface area contributed by atoms with Crippen LogP contribution in [-0.2, 0) is 5.41 Å². The van der Waals surface area contributed by atoms with Crippen molar-refractivity contribution in [2.24, 2.45) is 5.41 Å². The lowest BCUT2D eigenvalue weighted by atomic mass is 9.75. The molecule has 2 aromatic rings. The van der Waals surface area contributed by atoms with Crippen LogP contribution in [-0.4, -0.2) is 12.9 Å². The molecule has 0 bridgehead atoms. The third kappa shape index (κ3) is 2.93.